The van der Waals surface area contributed by atoms with Crippen LogP contribution in [0.2, 0.25) is 0 Å². The Morgan fingerprint density at radius 3 is 2.84 bits per heavy atom. The smallest absolute Gasteiger partial charge is 0.257 e. The molecule has 11 nitrogen and oxygen atoms in total. The standard InChI is InChI=1S/C24H24FN5O6S/c1-3-35-15-5-6-16-18(10-15)36-9-8-24(16)11-17-21(23(32)28-24)22(27-20(31)13-37(2,33)34)30(29-17)19-7-4-14(25)12-26-19/h4-7,10,12H,3,8-9,11,13H2,1-2H3,(H,27,31)(H,28,32)/t24-/m0/s1. The monoisotopic (exact) mass is 529 g/mol. The molecule has 0 fully saturated rings. The first kappa shape index (κ1) is 24.7. The molecule has 1 aromatic carbocycles. The minimum atomic E-state index is -3.64. The highest BCUT2D eigenvalue weighted by molar-refractivity contribution is 7.91. The zero-order valence-corrected chi connectivity index (χ0v) is 20.9. The lowest BCUT2D eigenvalue weighted by Gasteiger charge is -2.41. The molecule has 5 rings (SSSR count). The van der Waals surface area contributed by atoms with E-state index in [1.165, 1.54) is 10.7 Å². The number of carbonyl (C=O) groups excluding carboxylic acids is 2. The number of ether oxygens (including phenoxy) is 2. The van der Waals surface area contributed by atoms with Gasteiger partial charge in [-0.05, 0) is 31.2 Å². The molecule has 13 heteroatoms. The third-order valence-corrected chi connectivity index (χ3v) is 6.94. The highest BCUT2D eigenvalue weighted by Gasteiger charge is 2.46. The number of nitrogens with zero attached hydrogens (tertiary/aromatic N) is 3. The van der Waals surface area contributed by atoms with Gasteiger partial charge in [0.25, 0.3) is 5.91 Å². The molecule has 3 aromatic rings. The lowest BCUT2D eigenvalue weighted by atomic mass is 9.77. The minimum Gasteiger partial charge on any atom is -0.494 e. The van der Waals surface area contributed by atoms with Gasteiger partial charge in [0.1, 0.15) is 28.6 Å². The molecule has 2 aliphatic heterocycles. The first-order valence-electron chi connectivity index (χ1n) is 11.5. The molecular formula is C24H24FN5O6S. The summed E-state index contributed by atoms with van der Waals surface area (Å²) in [6.45, 7) is 2.71. The summed E-state index contributed by atoms with van der Waals surface area (Å²) in [6.07, 6.45) is 2.64. The predicted octanol–water partition coefficient (Wildman–Crippen LogP) is 1.75. The van der Waals surface area contributed by atoms with Gasteiger partial charge in [-0.15, -0.1) is 0 Å². The van der Waals surface area contributed by atoms with E-state index in [-0.39, 0.29) is 23.6 Å². The number of aromatic nitrogens is 3. The molecule has 2 aliphatic rings. The summed E-state index contributed by atoms with van der Waals surface area (Å²) in [4.78, 5) is 30.1. The van der Waals surface area contributed by atoms with Gasteiger partial charge >= 0.3 is 0 Å². The summed E-state index contributed by atoms with van der Waals surface area (Å²) in [7, 11) is -3.64. The Morgan fingerprint density at radius 1 is 1.32 bits per heavy atom. The number of sulfone groups is 1. The van der Waals surface area contributed by atoms with E-state index < -0.39 is 38.8 Å². The number of rotatable bonds is 6. The number of hydrogen-bond donors (Lipinski definition) is 2. The van der Waals surface area contributed by atoms with E-state index in [1.54, 1.807) is 12.1 Å². The highest BCUT2D eigenvalue weighted by Crippen LogP contribution is 2.44. The summed E-state index contributed by atoms with van der Waals surface area (Å²) in [5.41, 5.74) is 0.383. The number of carbonyl (C=O) groups is 2. The maximum atomic E-state index is 13.5. The molecule has 0 saturated heterocycles. The number of nitrogens with one attached hydrogen (secondary N) is 2. The molecular weight excluding hydrogens is 505 g/mol. The van der Waals surface area contributed by atoms with Crippen LogP contribution in [0.3, 0.4) is 0 Å². The van der Waals surface area contributed by atoms with Gasteiger partial charge in [0, 0.05) is 30.7 Å². The normalized spacial score (nSPS) is 18.4. The summed E-state index contributed by atoms with van der Waals surface area (Å²) in [6, 6.07) is 7.93. The van der Waals surface area contributed by atoms with Crippen molar-refractivity contribution in [2.45, 2.75) is 25.3 Å². The van der Waals surface area contributed by atoms with Gasteiger partial charge in [-0.1, -0.05) is 0 Å². The van der Waals surface area contributed by atoms with Gasteiger partial charge in [-0.2, -0.15) is 9.78 Å². The number of fused-ring (bicyclic) bond motifs is 3. The van der Waals surface area contributed by atoms with Crippen LogP contribution in [0.15, 0.2) is 36.5 Å². The van der Waals surface area contributed by atoms with Crippen molar-refractivity contribution < 1.29 is 31.9 Å². The zero-order chi connectivity index (χ0) is 26.4. The maximum absolute atomic E-state index is 13.5. The fraction of sp³-hybridized carbons (Fsp3) is 0.333. The van der Waals surface area contributed by atoms with Gasteiger partial charge < -0.3 is 20.1 Å². The van der Waals surface area contributed by atoms with Crippen LogP contribution >= 0.6 is 0 Å². The van der Waals surface area contributed by atoms with Gasteiger partial charge in [0.15, 0.2) is 21.5 Å². The van der Waals surface area contributed by atoms with Crippen LogP contribution in [0, 0.1) is 5.82 Å². The Balaban J connectivity index is 1.59. The lowest BCUT2D eigenvalue weighted by molar-refractivity contribution is -0.113. The van der Waals surface area contributed by atoms with Crippen molar-refractivity contribution in [3.63, 3.8) is 0 Å². The first-order valence-corrected chi connectivity index (χ1v) is 13.6. The van der Waals surface area contributed by atoms with Crippen LogP contribution in [0.1, 0.15) is 35.0 Å². The van der Waals surface area contributed by atoms with Crippen molar-refractivity contribution in [2.24, 2.45) is 0 Å². The van der Waals surface area contributed by atoms with E-state index in [2.05, 4.69) is 20.7 Å². The third-order valence-electron chi connectivity index (χ3n) is 6.15. The van der Waals surface area contributed by atoms with Crippen molar-refractivity contribution in [3.8, 4) is 17.3 Å². The van der Waals surface area contributed by atoms with Crippen molar-refractivity contribution in [2.75, 3.05) is 30.5 Å². The molecule has 194 valence electrons. The van der Waals surface area contributed by atoms with Crippen molar-refractivity contribution in [3.05, 3.63) is 59.2 Å². The molecule has 0 saturated carbocycles. The first-order chi connectivity index (χ1) is 17.6. The second-order valence-corrected chi connectivity index (χ2v) is 11.1. The molecule has 2 amide bonds. The zero-order valence-electron chi connectivity index (χ0n) is 20.1. The second kappa shape index (κ2) is 9.14. The molecule has 2 N–H and O–H groups in total. The fourth-order valence-electron chi connectivity index (χ4n) is 4.67. The second-order valence-electron chi connectivity index (χ2n) is 8.94. The van der Waals surface area contributed by atoms with E-state index in [0.29, 0.717) is 36.8 Å². The van der Waals surface area contributed by atoms with Crippen LogP contribution < -0.4 is 20.1 Å². The summed E-state index contributed by atoms with van der Waals surface area (Å²) < 4.78 is 49.5. The highest BCUT2D eigenvalue weighted by atomic mass is 32.2. The van der Waals surface area contributed by atoms with Crippen molar-refractivity contribution in [1.29, 1.82) is 0 Å². The van der Waals surface area contributed by atoms with E-state index in [4.69, 9.17) is 9.47 Å². The largest absolute Gasteiger partial charge is 0.494 e. The minimum absolute atomic E-state index is 0.0471. The van der Waals surface area contributed by atoms with Gasteiger partial charge in [0.2, 0.25) is 5.91 Å². The van der Waals surface area contributed by atoms with Crippen LogP contribution in [-0.2, 0) is 26.6 Å². The third kappa shape index (κ3) is 4.73. The average Bonchev–Trinajstić information content (AvgIpc) is 3.16. The van der Waals surface area contributed by atoms with E-state index in [9.17, 15) is 22.4 Å². The Morgan fingerprint density at radius 2 is 2.14 bits per heavy atom. The molecule has 1 atom stereocenters. The number of halogens is 1. The van der Waals surface area contributed by atoms with Gasteiger partial charge in [0.05, 0.1) is 30.6 Å². The number of benzene rings is 1. The Kier molecular flexibility index (Phi) is 6.10. The summed E-state index contributed by atoms with van der Waals surface area (Å²) >= 11 is 0. The van der Waals surface area contributed by atoms with Gasteiger partial charge in [-0.25, -0.2) is 17.8 Å². The SMILES string of the molecule is CCOc1ccc2c(c1)OCC[C@]21Cc2nn(-c3ccc(F)cn3)c(NC(=O)CS(C)(=O)=O)c2C(=O)N1. The number of amides is 2. The van der Waals surface area contributed by atoms with Crippen molar-refractivity contribution >= 4 is 27.5 Å². The van der Waals surface area contributed by atoms with E-state index in [1.807, 2.05) is 13.0 Å². The lowest BCUT2D eigenvalue weighted by Crippen LogP contribution is -2.53. The topological polar surface area (TPSA) is 142 Å². The summed E-state index contributed by atoms with van der Waals surface area (Å²) in [5, 5.41) is 10.1. The van der Waals surface area contributed by atoms with Gasteiger partial charge in [-0.3, -0.25) is 9.59 Å². The van der Waals surface area contributed by atoms with E-state index >= 15 is 0 Å². The van der Waals surface area contributed by atoms with E-state index in [0.717, 1.165) is 24.1 Å². The van der Waals surface area contributed by atoms with Crippen LogP contribution in [0.5, 0.6) is 11.5 Å². The average molecular weight is 530 g/mol. The molecule has 0 unspecified atom stereocenters. The summed E-state index contributed by atoms with van der Waals surface area (Å²) in [5.74, 6) is -1.40. The molecule has 1 spiro atoms. The number of anilines is 1. The molecule has 4 heterocycles. The Hall–Kier alpha value is -4.00. The number of hydrogen-bond acceptors (Lipinski definition) is 8. The fourth-order valence-corrected chi connectivity index (χ4v) is 5.22. The molecule has 37 heavy (non-hydrogen) atoms. The predicted molar refractivity (Wildman–Crippen MR) is 130 cm³/mol. The van der Waals surface area contributed by atoms with Crippen LogP contribution in [-0.4, -0.2) is 60.2 Å². The maximum Gasteiger partial charge on any atom is 0.257 e. The van der Waals surface area contributed by atoms with Crippen molar-refractivity contribution in [1.82, 2.24) is 20.1 Å². The molecule has 0 bridgehead atoms. The Bertz CT molecular complexity index is 1500. The Labute approximate surface area is 211 Å². The van der Waals surface area contributed by atoms with Crippen LogP contribution in [0.25, 0.3) is 5.82 Å². The quantitative estimate of drug-likeness (QED) is 0.492. The molecule has 0 radical (unpaired) electrons. The number of pyridine rings is 1. The molecule has 0 aliphatic carbocycles. The van der Waals surface area contributed by atoms with Crippen LogP contribution in [0.4, 0.5) is 10.2 Å². The molecule has 2 aromatic heterocycles.